The topological polar surface area (TPSA) is 69.6 Å². The molecule has 0 spiro atoms. The van der Waals surface area contributed by atoms with Crippen molar-refractivity contribution in [3.8, 4) is 0 Å². The van der Waals surface area contributed by atoms with Gasteiger partial charge < -0.3 is 15.5 Å². The molecule has 0 aliphatic heterocycles. The molecule has 1 heterocycles. The monoisotopic (exact) mass is 397 g/mol. The number of hydrogen-bond acceptors (Lipinski definition) is 5. The predicted octanol–water partition coefficient (Wildman–Crippen LogP) is 2.83. The van der Waals surface area contributed by atoms with Crippen LogP contribution < -0.4 is 10.6 Å². The Balaban J connectivity index is 1.83. The molecule has 6 nitrogen and oxygen atoms in total. The summed E-state index contributed by atoms with van der Waals surface area (Å²) in [5.74, 6) is 2.06. The average Bonchev–Trinajstić information content (AvgIpc) is 3.31. The third kappa shape index (κ3) is 6.16. The van der Waals surface area contributed by atoms with Gasteiger partial charge in [-0.05, 0) is 26.2 Å². The van der Waals surface area contributed by atoms with Gasteiger partial charge >= 0.3 is 0 Å². The van der Waals surface area contributed by atoms with E-state index in [1.54, 1.807) is 28.0 Å². The van der Waals surface area contributed by atoms with E-state index in [1.165, 1.54) is 0 Å². The highest BCUT2D eigenvalue weighted by atomic mass is 32.2. The van der Waals surface area contributed by atoms with Crippen molar-refractivity contribution in [1.82, 2.24) is 20.5 Å². The van der Waals surface area contributed by atoms with Gasteiger partial charge in [0.2, 0.25) is 5.91 Å². The van der Waals surface area contributed by atoms with E-state index in [4.69, 9.17) is 4.99 Å². The second-order valence-corrected chi connectivity index (χ2v) is 9.05. The molecule has 1 amide bonds. The van der Waals surface area contributed by atoms with Crippen molar-refractivity contribution >= 4 is 35.0 Å². The van der Waals surface area contributed by atoms with Crippen LogP contribution in [-0.4, -0.2) is 61.2 Å². The lowest BCUT2D eigenvalue weighted by Gasteiger charge is -2.29. The molecule has 26 heavy (non-hydrogen) atoms. The molecule has 0 bridgehead atoms. The summed E-state index contributed by atoms with van der Waals surface area (Å²) in [5.41, 5.74) is -0.313. The Bertz CT molecular complexity index is 568. The van der Waals surface area contributed by atoms with Crippen molar-refractivity contribution in [3.05, 3.63) is 11.6 Å². The van der Waals surface area contributed by atoms with E-state index in [2.05, 4.69) is 22.5 Å². The Morgan fingerprint density at radius 2 is 2.15 bits per heavy atom. The van der Waals surface area contributed by atoms with Crippen molar-refractivity contribution in [2.45, 2.75) is 43.4 Å². The number of carbonyl (C=O) groups excluding carboxylic acids is 1. The summed E-state index contributed by atoms with van der Waals surface area (Å²) in [6, 6.07) is 0. The third-order valence-electron chi connectivity index (χ3n) is 4.55. The van der Waals surface area contributed by atoms with E-state index in [0.29, 0.717) is 6.54 Å². The smallest absolute Gasteiger partial charge is 0.230 e. The molecule has 1 aliphatic rings. The fraction of sp³-hybridized carbons (Fsp3) is 0.722. The summed E-state index contributed by atoms with van der Waals surface area (Å²) < 4.78 is 1.12. The molecule has 1 aromatic heterocycles. The van der Waals surface area contributed by atoms with Crippen molar-refractivity contribution < 1.29 is 4.79 Å². The quantitative estimate of drug-likeness (QED) is 0.290. The number of thioether (sulfide) groups is 1. The van der Waals surface area contributed by atoms with E-state index in [9.17, 15) is 4.79 Å². The number of aromatic nitrogens is 1. The first kappa shape index (κ1) is 21.0. The van der Waals surface area contributed by atoms with Gasteiger partial charge in [0.05, 0.1) is 12.0 Å². The van der Waals surface area contributed by atoms with Crippen LogP contribution in [0, 0.1) is 5.41 Å². The van der Waals surface area contributed by atoms with Crippen LogP contribution in [0.4, 0.5) is 0 Å². The van der Waals surface area contributed by atoms with Gasteiger partial charge in [0.25, 0.3) is 0 Å². The minimum atomic E-state index is -0.313. The zero-order valence-corrected chi connectivity index (χ0v) is 17.7. The number of rotatable bonds is 9. The van der Waals surface area contributed by atoms with Crippen LogP contribution in [0.25, 0.3) is 0 Å². The van der Waals surface area contributed by atoms with E-state index in [1.807, 2.05) is 25.7 Å². The molecule has 0 unspecified atom stereocenters. The molecule has 1 saturated carbocycles. The lowest BCUT2D eigenvalue weighted by molar-refractivity contribution is -0.138. The molecular weight excluding hydrogens is 366 g/mol. The molecule has 0 saturated heterocycles. The first-order chi connectivity index (χ1) is 12.6. The van der Waals surface area contributed by atoms with Crippen LogP contribution in [0.1, 0.15) is 39.0 Å². The maximum Gasteiger partial charge on any atom is 0.230 e. The average molecular weight is 398 g/mol. The lowest BCUT2D eigenvalue weighted by Crippen LogP contribution is -2.43. The largest absolute Gasteiger partial charge is 0.357 e. The van der Waals surface area contributed by atoms with Crippen LogP contribution in [-0.2, 0) is 4.79 Å². The standard InChI is InChI=1S/C18H31N5OS2/c1-4-19-16(20-10-7-12-25-17-21-11-13-26-17)22-14-18(8-5-6-9-18)15(24)23(2)3/h11,13H,4-10,12,14H2,1-3H3,(H2,19,20,22). The summed E-state index contributed by atoms with van der Waals surface area (Å²) in [5, 5.41) is 8.69. The van der Waals surface area contributed by atoms with Crippen molar-refractivity contribution in [3.63, 3.8) is 0 Å². The number of amides is 1. The van der Waals surface area contributed by atoms with Crippen molar-refractivity contribution in [2.75, 3.05) is 39.5 Å². The molecular formula is C18H31N5OS2. The maximum atomic E-state index is 12.7. The van der Waals surface area contributed by atoms with Crippen molar-refractivity contribution in [1.29, 1.82) is 0 Å². The molecule has 8 heteroatoms. The van der Waals surface area contributed by atoms with E-state index < -0.39 is 0 Å². The molecule has 0 atom stereocenters. The first-order valence-electron chi connectivity index (χ1n) is 9.33. The van der Waals surface area contributed by atoms with E-state index in [-0.39, 0.29) is 11.3 Å². The fourth-order valence-electron chi connectivity index (χ4n) is 3.26. The van der Waals surface area contributed by atoms with Gasteiger partial charge in [-0.25, -0.2) is 4.98 Å². The van der Waals surface area contributed by atoms with Crippen LogP contribution in [0.15, 0.2) is 20.9 Å². The number of nitrogens with one attached hydrogen (secondary N) is 2. The first-order valence-corrected chi connectivity index (χ1v) is 11.2. The Labute approximate surface area is 165 Å². The fourth-order valence-corrected chi connectivity index (χ4v) is 4.91. The van der Waals surface area contributed by atoms with Gasteiger partial charge in [-0.2, -0.15) is 0 Å². The Morgan fingerprint density at radius 1 is 1.38 bits per heavy atom. The van der Waals surface area contributed by atoms with Gasteiger partial charge in [-0.1, -0.05) is 24.6 Å². The second-order valence-electron chi connectivity index (χ2n) is 6.81. The molecule has 1 fully saturated rings. The number of carbonyl (C=O) groups is 1. The molecule has 1 aromatic rings. The highest BCUT2D eigenvalue weighted by molar-refractivity contribution is 8.00. The summed E-state index contributed by atoms with van der Waals surface area (Å²) in [7, 11) is 3.69. The third-order valence-corrected chi connectivity index (χ3v) is 6.61. The normalized spacial score (nSPS) is 16.5. The SMILES string of the molecule is CCNC(=NCC1(C(=O)N(C)C)CCCC1)NCCCSc1nccs1. The van der Waals surface area contributed by atoms with Gasteiger partial charge in [0, 0.05) is 44.5 Å². The number of thiazole rings is 1. The Hall–Kier alpha value is -1.28. The molecule has 1 aliphatic carbocycles. The summed E-state index contributed by atoms with van der Waals surface area (Å²) in [6.45, 7) is 4.30. The number of aliphatic imine (C=N–C) groups is 1. The Morgan fingerprint density at radius 3 is 2.77 bits per heavy atom. The highest BCUT2D eigenvalue weighted by Crippen LogP contribution is 2.39. The van der Waals surface area contributed by atoms with E-state index in [0.717, 1.165) is 61.2 Å². The van der Waals surface area contributed by atoms with E-state index >= 15 is 0 Å². The van der Waals surface area contributed by atoms with Gasteiger partial charge in [0.15, 0.2) is 5.96 Å². The highest BCUT2D eigenvalue weighted by Gasteiger charge is 2.41. The number of hydrogen-bond donors (Lipinski definition) is 2. The summed E-state index contributed by atoms with van der Waals surface area (Å²) in [6.07, 6.45) is 7.00. The van der Waals surface area contributed by atoms with Crippen LogP contribution in [0.5, 0.6) is 0 Å². The molecule has 2 rings (SSSR count). The van der Waals surface area contributed by atoms with Gasteiger partial charge in [-0.15, -0.1) is 11.3 Å². The van der Waals surface area contributed by atoms with Gasteiger partial charge in [-0.3, -0.25) is 9.79 Å². The summed E-state index contributed by atoms with van der Waals surface area (Å²) >= 11 is 3.47. The predicted molar refractivity (Wildman–Crippen MR) is 111 cm³/mol. The molecule has 2 N–H and O–H groups in total. The number of nitrogens with zero attached hydrogens (tertiary/aromatic N) is 3. The lowest BCUT2D eigenvalue weighted by atomic mass is 9.85. The zero-order chi connectivity index (χ0) is 18.8. The minimum absolute atomic E-state index is 0.217. The van der Waals surface area contributed by atoms with Crippen LogP contribution in [0.3, 0.4) is 0 Å². The number of guanidine groups is 1. The van der Waals surface area contributed by atoms with Crippen LogP contribution >= 0.6 is 23.1 Å². The van der Waals surface area contributed by atoms with Crippen LogP contribution in [0.2, 0.25) is 0 Å². The second kappa shape index (κ2) is 10.8. The molecule has 146 valence electrons. The van der Waals surface area contributed by atoms with Gasteiger partial charge in [0.1, 0.15) is 4.34 Å². The summed E-state index contributed by atoms with van der Waals surface area (Å²) in [4.78, 5) is 23.4. The molecule has 0 aromatic carbocycles. The minimum Gasteiger partial charge on any atom is -0.357 e. The Kier molecular flexibility index (Phi) is 8.71. The zero-order valence-electron chi connectivity index (χ0n) is 16.1. The molecule has 0 radical (unpaired) electrons. The maximum absolute atomic E-state index is 12.7. The van der Waals surface area contributed by atoms with Crippen molar-refractivity contribution in [2.24, 2.45) is 10.4 Å².